The fraction of sp³-hybridized carbons (Fsp3) is 0.150. The van der Waals surface area contributed by atoms with Gasteiger partial charge in [-0.15, -0.1) is 16.4 Å². The van der Waals surface area contributed by atoms with Gasteiger partial charge in [-0.05, 0) is 55.6 Å². The third-order valence-corrected chi connectivity index (χ3v) is 4.63. The molecule has 3 aromatic heterocycles. The molecule has 0 atom stereocenters. The Hall–Kier alpha value is -3.39. The number of hydrogen-bond donors (Lipinski definition) is 1. The van der Waals surface area contributed by atoms with Gasteiger partial charge in [0.25, 0.3) is 5.91 Å². The molecule has 142 valence electrons. The van der Waals surface area contributed by atoms with Crippen molar-refractivity contribution >= 4 is 22.9 Å². The number of nitrogens with zero attached hydrogens (tertiary/aromatic N) is 3. The first-order chi connectivity index (χ1) is 13.6. The quantitative estimate of drug-likeness (QED) is 0.516. The van der Waals surface area contributed by atoms with E-state index in [0.717, 1.165) is 10.6 Å². The van der Waals surface area contributed by atoms with Crippen LogP contribution in [0.1, 0.15) is 24.4 Å². The fourth-order valence-corrected chi connectivity index (χ4v) is 3.31. The monoisotopic (exact) mass is 394 g/mol. The summed E-state index contributed by atoms with van der Waals surface area (Å²) in [5.74, 6) is 0.612. The summed E-state index contributed by atoms with van der Waals surface area (Å²) in [5.41, 5.74) is 1.38. The summed E-state index contributed by atoms with van der Waals surface area (Å²) < 4.78 is 12.5. The van der Waals surface area contributed by atoms with Crippen molar-refractivity contribution in [1.82, 2.24) is 14.8 Å². The molecule has 0 bridgehead atoms. The number of thiophene rings is 1. The smallest absolute Gasteiger partial charge is 0.336 e. The van der Waals surface area contributed by atoms with Crippen LogP contribution in [0.15, 0.2) is 64.6 Å². The summed E-state index contributed by atoms with van der Waals surface area (Å²) in [7, 11) is 0. The Morgan fingerprint density at radius 1 is 1.21 bits per heavy atom. The highest BCUT2D eigenvalue weighted by atomic mass is 32.1. The molecular weight excluding hydrogens is 376 g/mol. The van der Waals surface area contributed by atoms with Crippen LogP contribution in [0.2, 0.25) is 0 Å². The molecule has 7 nitrogen and oxygen atoms in total. The molecule has 4 rings (SSSR count). The lowest BCUT2D eigenvalue weighted by Crippen LogP contribution is -2.11. The van der Waals surface area contributed by atoms with Crippen LogP contribution in [0, 0.1) is 0 Å². The summed E-state index contributed by atoms with van der Waals surface area (Å²) in [6.07, 6.45) is 1.43. The lowest BCUT2D eigenvalue weighted by atomic mass is 10.2. The SMILES string of the molecule is CC(C)Oc1nc(-c2cccs2)n(-c2cccc(NC(=O)c3ccco3)c2)n1. The van der Waals surface area contributed by atoms with E-state index >= 15 is 0 Å². The van der Waals surface area contributed by atoms with Gasteiger partial charge in [0.05, 0.1) is 22.9 Å². The normalized spacial score (nSPS) is 11.0. The van der Waals surface area contributed by atoms with Gasteiger partial charge in [-0.25, -0.2) is 4.68 Å². The van der Waals surface area contributed by atoms with Gasteiger partial charge in [0.15, 0.2) is 11.6 Å². The topological polar surface area (TPSA) is 82.2 Å². The summed E-state index contributed by atoms with van der Waals surface area (Å²) in [5, 5.41) is 9.31. The van der Waals surface area contributed by atoms with Gasteiger partial charge < -0.3 is 14.5 Å². The lowest BCUT2D eigenvalue weighted by molar-refractivity contribution is 0.0996. The maximum atomic E-state index is 12.2. The van der Waals surface area contributed by atoms with E-state index in [2.05, 4.69) is 15.4 Å². The molecule has 3 heterocycles. The highest BCUT2D eigenvalue weighted by Crippen LogP contribution is 2.28. The Kier molecular flexibility index (Phi) is 4.94. The van der Waals surface area contributed by atoms with E-state index in [4.69, 9.17) is 9.15 Å². The molecule has 1 N–H and O–H groups in total. The molecule has 1 aromatic carbocycles. The molecule has 0 spiro atoms. The van der Waals surface area contributed by atoms with Crippen molar-refractivity contribution in [2.75, 3.05) is 5.32 Å². The van der Waals surface area contributed by atoms with E-state index in [0.29, 0.717) is 17.5 Å². The molecule has 28 heavy (non-hydrogen) atoms. The first-order valence-corrected chi connectivity index (χ1v) is 9.61. The van der Waals surface area contributed by atoms with Gasteiger partial charge in [-0.1, -0.05) is 12.1 Å². The Morgan fingerprint density at radius 2 is 2.11 bits per heavy atom. The Morgan fingerprint density at radius 3 is 2.82 bits per heavy atom. The van der Waals surface area contributed by atoms with Crippen LogP contribution >= 0.6 is 11.3 Å². The Bertz CT molecular complexity index is 1070. The van der Waals surface area contributed by atoms with Gasteiger partial charge in [0.2, 0.25) is 0 Å². The molecule has 0 saturated heterocycles. The van der Waals surface area contributed by atoms with Crippen LogP contribution in [0.4, 0.5) is 5.69 Å². The Labute approximate surface area is 165 Å². The van der Waals surface area contributed by atoms with Crippen molar-refractivity contribution in [1.29, 1.82) is 0 Å². The number of benzene rings is 1. The Balaban J connectivity index is 1.68. The second-order valence-corrected chi connectivity index (χ2v) is 7.20. The number of furan rings is 1. The number of nitrogens with one attached hydrogen (secondary N) is 1. The number of aromatic nitrogens is 3. The molecule has 0 saturated carbocycles. The van der Waals surface area contributed by atoms with Gasteiger partial charge in [-0.2, -0.15) is 4.98 Å². The molecular formula is C20H18N4O3S. The van der Waals surface area contributed by atoms with E-state index in [-0.39, 0.29) is 17.8 Å². The van der Waals surface area contributed by atoms with E-state index in [1.807, 2.05) is 49.6 Å². The third kappa shape index (κ3) is 3.81. The summed E-state index contributed by atoms with van der Waals surface area (Å²) >= 11 is 1.57. The van der Waals surface area contributed by atoms with Crippen LogP contribution in [0.25, 0.3) is 16.4 Å². The predicted molar refractivity (Wildman–Crippen MR) is 107 cm³/mol. The number of carbonyl (C=O) groups is 1. The van der Waals surface area contributed by atoms with Crippen molar-refractivity contribution in [2.24, 2.45) is 0 Å². The number of anilines is 1. The molecule has 0 aliphatic carbocycles. The predicted octanol–water partition coefficient (Wildman–Crippen LogP) is 4.63. The van der Waals surface area contributed by atoms with Crippen molar-refractivity contribution in [2.45, 2.75) is 20.0 Å². The minimum atomic E-state index is -0.317. The van der Waals surface area contributed by atoms with Gasteiger partial charge in [-0.3, -0.25) is 4.79 Å². The maximum Gasteiger partial charge on any atom is 0.336 e. The van der Waals surface area contributed by atoms with Crippen molar-refractivity contribution in [3.8, 4) is 22.4 Å². The number of ether oxygens (including phenoxy) is 1. The molecule has 0 radical (unpaired) electrons. The van der Waals surface area contributed by atoms with Crippen LogP contribution in [0.5, 0.6) is 6.01 Å². The molecule has 0 fully saturated rings. The van der Waals surface area contributed by atoms with Crippen LogP contribution in [-0.4, -0.2) is 26.8 Å². The minimum absolute atomic E-state index is 0.0362. The second kappa shape index (κ2) is 7.69. The van der Waals surface area contributed by atoms with Crippen molar-refractivity contribution in [3.63, 3.8) is 0 Å². The van der Waals surface area contributed by atoms with E-state index in [9.17, 15) is 4.79 Å². The molecule has 0 aliphatic heterocycles. The summed E-state index contributed by atoms with van der Waals surface area (Å²) in [6.45, 7) is 3.85. The van der Waals surface area contributed by atoms with Gasteiger partial charge in [0, 0.05) is 5.69 Å². The fourth-order valence-electron chi connectivity index (χ4n) is 2.62. The van der Waals surface area contributed by atoms with Gasteiger partial charge >= 0.3 is 6.01 Å². The summed E-state index contributed by atoms with van der Waals surface area (Å²) in [4.78, 5) is 17.8. The number of hydrogen-bond acceptors (Lipinski definition) is 6. The van der Waals surface area contributed by atoms with Crippen molar-refractivity contribution in [3.05, 3.63) is 65.9 Å². The molecule has 1 amide bonds. The zero-order valence-corrected chi connectivity index (χ0v) is 16.1. The largest absolute Gasteiger partial charge is 0.460 e. The number of carbonyl (C=O) groups excluding carboxylic acids is 1. The first-order valence-electron chi connectivity index (χ1n) is 8.73. The van der Waals surface area contributed by atoms with Gasteiger partial charge in [0.1, 0.15) is 0 Å². The maximum absolute atomic E-state index is 12.2. The highest BCUT2D eigenvalue weighted by molar-refractivity contribution is 7.13. The lowest BCUT2D eigenvalue weighted by Gasteiger charge is -2.08. The summed E-state index contributed by atoms with van der Waals surface area (Å²) in [6, 6.07) is 14.9. The number of amides is 1. The van der Waals surface area contributed by atoms with E-state index in [1.165, 1.54) is 6.26 Å². The average molecular weight is 394 g/mol. The number of rotatable bonds is 6. The van der Waals surface area contributed by atoms with Crippen molar-refractivity contribution < 1.29 is 13.9 Å². The van der Waals surface area contributed by atoms with Crippen LogP contribution in [-0.2, 0) is 0 Å². The standard InChI is InChI=1S/C20H18N4O3S/c1-13(2)27-20-22-18(17-9-5-11-28-17)24(23-20)15-7-3-6-14(12-15)21-19(25)16-8-4-10-26-16/h3-13H,1-2H3,(H,21,25). The molecule has 0 aliphatic rings. The second-order valence-electron chi connectivity index (χ2n) is 6.26. The van der Waals surface area contributed by atoms with Crippen LogP contribution in [0.3, 0.4) is 0 Å². The average Bonchev–Trinajstić information content (AvgIpc) is 3.42. The zero-order valence-electron chi connectivity index (χ0n) is 15.3. The van der Waals surface area contributed by atoms with Crippen LogP contribution < -0.4 is 10.1 Å². The molecule has 8 heteroatoms. The van der Waals surface area contributed by atoms with E-state index < -0.39 is 0 Å². The minimum Gasteiger partial charge on any atom is -0.460 e. The molecule has 4 aromatic rings. The first kappa shape index (κ1) is 18.0. The van der Waals surface area contributed by atoms with E-state index in [1.54, 1.807) is 34.2 Å². The zero-order chi connectivity index (χ0) is 19.5. The highest BCUT2D eigenvalue weighted by Gasteiger charge is 2.17. The third-order valence-electron chi connectivity index (χ3n) is 3.76. The molecule has 0 unspecified atom stereocenters.